The molecule has 4 nitrogen and oxygen atoms in total. The number of hydrogen-bond acceptors (Lipinski definition) is 4. The van der Waals surface area contributed by atoms with Crippen molar-refractivity contribution < 1.29 is 0 Å². The zero-order chi connectivity index (χ0) is 13.0. The molecule has 2 aromatic rings. The van der Waals surface area contributed by atoms with E-state index in [1.807, 2.05) is 37.0 Å². The molecule has 1 heterocycles. The number of rotatable bonds is 4. The summed E-state index contributed by atoms with van der Waals surface area (Å²) < 4.78 is 1.99. The van der Waals surface area contributed by atoms with Crippen molar-refractivity contribution in [2.45, 2.75) is 5.16 Å². The average Bonchev–Trinajstić information content (AvgIpc) is 2.84. The van der Waals surface area contributed by atoms with Gasteiger partial charge in [-0.25, -0.2) is 4.98 Å². The third-order valence-electron chi connectivity index (χ3n) is 2.52. The van der Waals surface area contributed by atoms with Crippen molar-refractivity contribution in [3.05, 3.63) is 36.7 Å². The maximum absolute atomic E-state index is 8.61. The summed E-state index contributed by atoms with van der Waals surface area (Å²) in [6.07, 6.45) is 3.66. The molecule has 18 heavy (non-hydrogen) atoms. The lowest BCUT2D eigenvalue weighted by Gasteiger charge is -2.13. The molecule has 0 amide bonds. The van der Waals surface area contributed by atoms with Gasteiger partial charge in [0.1, 0.15) is 0 Å². The highest BCUT2D eigenvalue weighted by molar-refractivity contribution is 7.99. The quantitative estimate of drug-likeness (QED) is 0.791. The van der Waals surface area contributed by atoms with Gasteiger partial charge in [0.2, 0.25) is 0 Å². The Hall–Kier alpha value is -1.93. The monoisotopic (exact) mass is 258 g/mol. The van der Waals surface area contributed by atoms with Crippen LogP contribution in [0, 0.1) is 11.3 Å². The highest BCUT2D eigenvalue weighted by atomic mass is 32.2. The number of anilines is 1. The van der Waals surface area contributed by atoms with Crippen LogP contribution in [0.4, 0.5) is 5.69 Å². The molecule has 92 valence electrons. The van der Waals surface area contributed by atoms with Crippen molar-refractivity contribution in [2.75, 3.05) is 24.7 Å². The Morgan fingerprint density at radius 3 is 2.67 bits per heavy atom. The second kappa shape index (κ2) is 5.61. The molecule has 0 bridgehead atoms. The Balaban J connectivity index is 2.26. The predicted octanol–water partition coefficient (Wildman–Crippen LogP) is 2.55. The van der Waals surface area contributed by atoms with Crippen LogP contribution in [0.3, 0.4) is 0 Å². The van der Waals surface area contributed by atoms with Crippen LogP contribution >= 0.6 is 11.8 Å². The number of aromatic nitrogens is 2. The van der Waals surface area contributed by atoms with Crippen molar-refractivity contribution in [3.63, 3.8) is 0 Å². The summed E-state index contributed by atoms with van der Waals surface area (Å²) in [6, 6.07) is 10.3. The number of imidazole rings is 1. The first-order valence-corrected chi connectivity index (χ1v) is 6.52. The van der Waals surface area contributed by atoms with Crippen LogP contribution in [-0.4, -0.2) is 29.4 Å². The Kier molecular flexibility index (Phi) is 3.90. The van der Waals surface area contributed by atoms with Gasteiger partial charge in [-0.05, 0) is 24.3 Å². The molecule has 0 spiro atoms. The summed E-state index contributed by atoms with van der Waals surface area (Å²) in [5.74, 6) is 0.410. The van der Waals surface area contributed by atoms with E-state index >= 15 is 0 Å². The number of hydrogen-bond donors (Lipinski definition) is 0. The van der Waals surface area contributed by atoms with Crippen LogP contribution < -0.4 is 4.90 Å². The summed E-state index contributed by atoms with van der Waals surface area (Å²) >= 11 is 1.44. The zero-order valence-electron chi connectivity index (χ0n) is 10.4. The van der Waals surface area contributed by atoms with Gasteiger partial charge in [-0.3, -0.25) is 4.57 Å². The molecular weight excluding hydrogens is 244 g/mol. The fourth-order valence-corrected chi connectivity index (χ4v) is 2.24. The van der Waals surface area contributed by atoms with Gasteiger partial charge in [0, 0.05) is 37.9 Å². The molecule has 0 atom stereocenters. The van der Waals surface area contributed by atoms with E-state index in [1.54, 1.807) is 6.20 Å². The predicted molar refractivity (Wildman–Crippen MR) is 74.2 cm³/mol. The van der Waals surface area contributed by atoms with Crippen LogP contribution in [0.2, 0.25) is 0 Å². The summed E-state index contributed by atoms with van der Waals surface area (Å²) in [5.41, 5.74) is 2.21. The number of nitrogens with zero attached hydrogens (tertiary/aromatic N) is 4. The average molecular weight is 258 g/mol. The van der Waals surface area contributed by atoms with Crippen molar-refractivity contribution in [1.82, 2.24) is 9.55 Å². The topological polar surface area (TPSA) is 44.9 Å². The third kappa shape index (κ3) is 2.66. The highest BCUT2D eigenvalue weighted by Gasteiger charge is 2.05. The van der Waals surface area contributed by atoms with E-state index < -0.39 is 0 Å². The summed E-state index contributed by atoms with van der Waals surface area (Å²) in [6.45, 7) is 0. The Morgan fingerprint density at radius 1 is 1.33 bits per heavy atom. The molecule has 0 N–H and O–H groups in total. The first kappa shape index (κ1) is 12.5. The normalized spacial score (nSPS) is 10.1. The Morgan fingerprint density at radius 2 is 2.06 bits per heavy atom. The minimum atomic E-state index is 0.410. The van der Waals surface area contributed by atoms with E-state index in [0.29, 0.717) is 5.75 Å². The van der Waals surface area contributed by atoms with Crippen LogP contribution in [0.25, 0.3) is 5.69 Å². The molecule has 0 aliphatic heterocycles. The molecule has 0 aliphatic carbocycles. The van der Waals surface area contributed by atoms with Gasteiger partial charge in [0.05, 0.1) is 11.8 Å². The lowest BCUT2D eigenvalue weighted by atomic mass is 10.2. The molecule has 2 rings (SSSR count). The Labute approximate surface area is 111 Å². The first-order valence-electron chi connectivity index (χ1n) is 5.53. The van der Waals surface area contributed by atoms with Crippen molar-refractivity contribution in [1.29, 1.82) is 5.26 Å². The van der Waals surface area contributed by atoms with Gasteiger partial charge in [0.25, 0.3) is 0 Å². The molecule has 1 aromatic heterocycles. The Bertz CT molecular complexity index is 551. The van der Waals surface area contributed by atoms with Crippen molar-refractivity contribution >= 4 is 17.4 Å². The molecule has 0 saturated heterocycles. The maximum Gasteiger partial charge on any atom is 0.173 e. The first-order chi connectivity index (χ1) is 8.72. The van der Waals surface area contributed by atoms with E-state index in [4.69, 9.17) is 5.26 Å². The third-order valence-corrected chi connectivity index (χ3v) is 3.35. The summed E-state index contributed by atoms with van der Waals surface area (Å²) in [7, 11) is 4.03. The molecule has 0 radical (unpaired) electrons. The van der Waals surface area contributed by atoms with Crippen LogP contribution in [-0.2, 0) is 0 Å². The minimum absolute atomic E-state index is 0.410. The second-order valence-corrected chi connectivity index (χ2v) is 4.88. The maximum atomic E-state index is 8.61. The highest BCUT2D eigenvalue weighted by Crippen LogP contribution is 2.21. The van der Waals surface area contributed by atoms with Crippen molar-refractivity contribution in [2.24, 2.45) is 0 Å². The molecule has 0 aliphatic rings. The molecule has 0 fully saturated rings. The standard InChI is InChI=1S/C13H14N4S/c1-16(2)11-3-5-12(6-4-11)17-9-8-15-13(17)18-10-7-14/h3-6,8-9H,10H2,1-2H3. The summed E-state index contributed by atoms with van der Waals surface area (Å²) in [4.78, 5) is 6.31. The largest absolute Gasteiger partial charge is 0.378 e. The number of benzene rings is 1. The minimum Gasteiger partial charge on any atom is -0.378 e. The molecule has 0 saturated carbocycles. The molecule has 1 aromatic carbocycles. The number of nitriles is 1. The lowest BCUT2D eigenvalue weighted by molar-refractivity contribution is 0.896. The van der Waals surface area contributed by atoms with Gasteiger partial charge in [-0.15, -0.1) is 0 Å². The smallest absolute Gasteiger partial charge is 0.173 e. The SMILES string of the molecule is CN(C)c1ccc(-n2ccnc2SCC#N)cc1. The zero-order valence-corrected chi connectivity index (χ0v) is 11.2. The van der Waals surface area contributed by atoms with Crippen LogP contribution in [0.15, 0.2) is 41.8 Å². The van der Waals surface area contributed by atoms with E-state index in [2.05, 4.69) is 28.1 Å². The second-order valence-electron chi connectivity index (χ2n) is 3.94. The van der Waals surface area contributed by atoms with Crippen LogP contribution in [0.5, 0.6) is 0 Å². The molecule has 0 unspecified atom stereocenters. The molecular formula is C13H14N4S. The van der Waals surface area contributed by atoms with E-state index in [9.17, 15) is 0 Å². The lowest BCUT2D eigenvalue weighted by Crippen LogP contribution is -2.08. The van der Waals surface area contributed by atoms with Crippen molar-refractivity contribution in [3.8, 4) is 11.8 Å². The van der Waals surface area contributed by atoms with Crippen LogP contribution in [0.1, 0.15) is 0 Å². The van der Waals surface area contributed by atoms with E-state index in [-0.39, 0.29) is 0 Å². The molecule has 5 heteroatoms. The van der Waals surface area contributed by atoms with Gasteiger partial charge in [-0.2, -0.15) is 5.26 Å². The summed E-state index contributed by atoms with van der Waals surface area (Å²) in [5, 5.41) is 9.45. The fourth-order valence-electron chi connectivity index (χ4n) is 1.60. The van der Waals surface area contributed by atoms with Gasteiger partial charge >= 0.3 is 0 Å². The van der Waals surface area contributed by atoms with E-state index in [1.165, 1.54) is 11.8 Å². The van der Waals surface area contributed by atoms with Gasteiger partial charge in [0.15, 0.2) is 5.16 Å². The number of thioether (sulfide) groups is 1. The fraction of sp³-hybridized carbons (Fsp3) is 0.231. The van der Waals surface area contributed by atoms with Gasteiger partial charge in [-0.1, -0.05) is 11.8 Å². The van der Waals surface area contributed by atoms with E-state index in [0.717, 1.165) is 16.5 Å². The van der Waals surface area contributed by atoms with Gasteiger partial charge < -0.3 is 4.90 Å².